The predicted octanol–water partition coefficient (Wildman–Crippen LogP) is 4.56. The molecule has 520 valence electrons. The van der Waals surface area contributed by atoms with E-state index in [0.29, 0.717) is 22.8 Å². The first kappa shape index (κ1) is 77.8. The lowest BCUT2D eigenvalue weighted by molar-refractivity contribution is -0.152. The minimum Gasteiger partial charge on any atom is -0.463 e. The van der Waals surface area contributed by atoms with E-state index in [0.717, 1.165) is 16.7 Å². The third-order valence-corrected chi connectivity index (χ3v) is 16.2. The molecule has 5 aromatic carbocycles. The SMILES string of the molecule is CC(C)(C)c1ccc(OC(=O)C2COS(=O)O2)cc1.Cc1cc(OC(=O)C2COS(=O)O2)ccc1F.Cc1ccccc1OC(=O)C1COS(=O)O1.N#CCCOC(=O)C1COS(=O)O1.O=C(OCc1ccccc1)C1COS(=O)O1.O=C(Oc1ccccc1)C1COS(=O)O1. The number of aryl methyl sites for hydroxylation is 2. The lowest BCUT2D eigenvalue weighted by Gasteiger charge is -2.19. The van der Waals surface area contributed by atoms with Gasteiger partial charge in [0.25, 0.3) is 0 Å². The third kappa shape index (κ3) is 27.3. The highest BCUT2D eigenvalue weighted by Crippen LogP contribution is 2.26. The fourth-order valence-corrected chi connectivity index (χ4v) is 10.6. The van der Waals surface area contributed by atoms with Gasteiger partial charge in [-0.25, -0.2) is 33.2 Å². The lowest BCUT2D eigenvalue weighted by atomic mass is 9.87. The van der Waals surface area contributed by atoms with E-state index in [1.165, 1.54) is 18.2 Å². The summed E-state index contributed by atoms with van der Waals surface area (Å²) in [6.07, 6.45) is -5.46. The second-order valence-electron chi connectivity index (χ2n) is 20.1. The number of nitrogens with zero attached hydrogens (tertiary/aromatic N) is 1. The number of carbonyl (C=O) groups is 6. The van der Waals surface area contributed by atoms with E-state index in [9.17, 15) is 58.4 Å². The van der Waals surface area contributed by atoms with Crippen LogP contribution in [0.2, 0.25) is 0 Å². The van der Waals surface area contributed by atoms with Crippen molar-refractivity contribution >= 4 is 104 Å². The summed E-state index contributed by atoms with van der Waals surface area (Å²) in [5, 5.41) is 8.14. The highest BCUT2D eigenvalue weighted by atomic mass is 32.2. The van der Waals surface area contributed by atoms with Gasteiger partial charge in [-0.3, -0.25) is 50.2 Å². The Morgan fingerprint density at radius 1 is 0.448 bits per heavy atom. The van der Waals surface area contributed by atoms with Gasteiger partial charge in [0.1, 0.15) is 81.7 Å². The highest BCUT2D eigenvalue weighted by molar-refractivity contribution is 7.76. The maximum absolute atomic E-state index is 13.0. The maximum Gasteiger partial charge on any atom is 0.344 e. The van der Waals surface area contributed by atoms with Gasteiger partial charge < -0.3 is 28.4 Å². The van der Waals surface area contributed by atoms with E-state index in [-0.39, 0.29) is 76.3 Å². The van der Waals surface area contributed by atoms with Crippen LogP contribution in [0.4, 0.5) is 4.39 Å². The minimum absolute atomic E-state index is 0.0157. The van der Waals surface area contributed by atoms with Crippen molar-refractivity contribution in [1.29, 1.82) is 5.26 Å². The van der Waals surface area contributed by atoms with Crippen molar-refractivity contribution in [3.63, 3.8) is 0 Å². The molecule has 0 aromatic heterocycles. The number of esters is 6. The zero-order valence-electron chi connectivity index (χ0n) is 51.0. The second kappa shape index (κ2) is 39.8. The first-order valence-corrected chi connectivity index (χ1v) is 33.7. The second-order valence-corrected chi connectivity index (χ2v) is 25.1. The van der Waals surface area contributed by atoms with Gasteiger partial charge in [-0.1, -0.05) is 99.6 Å². The van der Waals surface area contributed by atoms with Gasteiger partial charge in [0.2, 0.25) is 0 Å². The normalized spacial score (nSPS) is 24.4. The molecule has 0 radical (unpaired) electrons. The van der Waals surface area contributed by atoms with E-state index < -0.39 is 141 Å². The molecule has 0 saturated carbocycles. The summed E-state index contributed by atoms with van der Waals surface area (Å²) in [4.78, 5) is 68.5. The van der Waals surface area contributed by atoms with Crippen molar-refractivity contribution in [2.24, 2.45) is 0 Å². The molecule has 96 heavy (non-hydrogen) atoms. The summed E-state index contributed by atoms with van der Waals surface area (Å²) in [6.45, 7) is 9.52. The molecule has 6 heterocycles. The molecule has 12 unspecified atom stereocenters. The fraction of sp³-hybridized carbons (Fsp3) is 0.362. The van der Waals surface area contributed by atoms with E-state index in [4.69, 9.17) is 37.3 Å². The molecule has 38 heteroatoms. The average Bonchev–Trinajstić information content (AvgIpc) is 1.67. The highest BCUT2D eigenvalue weighted by Gasteiger charge is 2.36. The summed E-state index contributed by atoms with van der Waals surface area (Å²) >= 11 is -11.1. The Kier molecular flexibility index (Phi) is 32.3. The van der Waals surface area contributed by atoms with Crippen molar-refractivity contribution in [2.45, 2.75) is 89.7 Å². The van der Waals surface area contributed by atoms with Crippen LogP contribution >= 0.6 is 0 Å². The van der Waals surface area contributed by atoms with Crippen LogP contribution in [0.25, 0.3) is 0 Å². The first-order valence-electron chi connectivity index (χ1n) is 27.7. The van der Waals surface area contributed by atoms with E-state index in [2.05, 4.69) is 67.3 Å². The van der Waals surface area contributed by atoms with Crippen LogP contribution < -0.4 is 18.9 Å². The molecule has 5 aromatic rings. The monoisotopic (exact) mass is 1460 g/mol. The van der Waals surface area contributed by atoms with Crippen LogP contribution in [-0.2, 0) is 169 Å². The number of ether oxygens (including phenoxy) is 6. The van der Waals surface area contributed by atoms with Crippen LogP contribution in [0.15, 0.2) is 127 Å². The quantitative estimate of drug-likeness (QED) is 0.0835. The smallest absolute Gasteiger partial charge is 0.344 e. The van der Waals surface area contributed by atoms with Crippen LogP contribution in [0.3, 0.4) is 0 Å². The Morgan fingerprint density at radius 3 is 1.19 bits per heavy atom. The Hall–Kier alpha value is -7.24. The summed E-state index contributed by atoms with van der Waals surface area (Å²) in [5.41, 5.74) is 3.28. The standard InChI is InChI=1S/C13H16O5S.C10H9FO5S.2C10H10O5S.C9H8O5S.C6H7NO5S/c1-13(2,3)9-4-6-10(7-5-9)17-12(14)11-8-16-19(15)18-11;1-6-4-7(2-3-8(6)11)15-10(12)9-5-14-17(13)16-9;1-7-4-2-3-5-8(7)14-10(11)9-6-13-16(12)15-9;11-10(9-7-14-16(12)15-9)13-6-8-4-2-1-3-5-8;10-9(8-6-12-15(11)14-8)13-7-4-2-1-3-5-7;7-2-1-3-10-6(8)5-4-11-13(9)12-5/h4-7,11H,8H2,1-3H3;2-4,9H,5H2,1H3;2-5,9H,6H2,1H3;1-5,9H,6-7H2;1-5,8H,6H2;5H,1,3-4H2. The minimum atomic E-state index is -1.90. The molecule has 0 aliphatic carbocycles. The molecule has 6 aliphatic rings. The lowest BCUT2D eigenvalue weighted by Crippen LogP contribution is -2.27. The number of para-hydroxylation sites is 2. The molecule has 31 nitrogen and oxygen atoms in total. The average molecular weight is 1460 g/mol. The zero-order chi connectivity index (χ0) is 69.7. The molecule has 6 fully saturated rings. The summed E-state index contributed by atoms with van der Waals surface area (Å²) in [5.74, 6) is -2.60. The molecule has 0 N–H and O–H groups in total. The molecule has 11 rings (SSSR count). The Labute approximate surface area is 563 Å². The molecule has 6 saturated heterocycles. The number of carbonyl (C=O) groups excluding carboxylic acids is 6. The third-order valence-electron chi connectivity index (χ3n) is 11.9. The van der Waals surface area contributed by atoms with Crippen molar-refractivity contribution < 1.29 is 137 Å². The predicted molar refractivity (Wildman–Crippen MR) is 328 cm³/mol. The zero-order valence-corrected chi connectivity index (χ0v) is 55.9. The Balaban J connectivity index is 0.000000183. The van der Waals surface area contributed by atoms with E-state index in [1.807, 2.05) is 73.7 Å². The van der Waals surface area contributed by atoms with Crippen LogP contribution in [-0.4, -0.2) is 144 Å². The van der Waals surface area contributed by atoms with Gasteiger partial charge in [0.05, 0.1) is 12.5 Å². The number of rotatable bonds is 14. The molecule has 12 atom stereocenters. The molecule has 0 spiro atoms. The number of halogens is 1. The fourth-order valence-electron chi connectivity index (χ4n) is 6.95. The van der Waals surface area contributed by atoms with Crippen LogP contribution in [0.5, 0.6) is 23.0 Å². The molecular formula is C58H60FNO30S6. The Morgan fingerprint density at radius 2 is 0.802 bits per heavy atom. The molecule has 0 bridgehead atoms. The number of benzene rings is 5. The van der Waals surface area contributed by atoms with Crippen LogP contribution in [0.1, 0.15) is 49.4 Å². The van der Waals surface area contributed by atoms with E-state index >= 15 is 0 Å². The summed E-state index contributed by atoms with van der Waals surface area (Å²) in [7, 11) is 0. The van der Waals surface area contributed by atoms with Gasteiger partial charge in [0.15, 0.2) is 36.6 Å². The van der Waals surface area contributed by atoms with E-state index in [1.54, 1.807) is 55.5 Å². The number of hydrogen-bond donors (Lipinski definition) is 0. The maximum atomic E-state index is 13.0. The van der Waals surface area contributed by atoms with Crippen molar-refractivity contribution in [2.75, 3.05) is 46.2 Å². The van der Waals surface area contributed by atoms with Gasteiger partial charge in [0, 0.05) is 0 Å². The first-order chi connectivity index (χ1) is 45.8. The van der Waals surface area contributed by atoms with Crippen molar-refractivity contribution in [1.82, 2.24) is 0 Å². The molecule has 0 amide bonds. The van der Waals surface area contributed by atoms with Gasteiger partial charge in [-0.05, 0) is 90.0 Å². The van der Waals surface area contributed by atoms with Gasteiger partial charge in [-0.15, -0.1) is 0 Å². The molecular weight excluding hydrogens is 1400 g/mol. The Bertz CT molecular complexity index is 3640. The van der Waals surface area contributed by atoms with Crippen molar-refractivity contribution in [3.8, 4) is 29.1 Å². The summed E-state index contributed by atoms with van der Waals surface area (Å²) < 4.78 is 162. The van der Waals surface area contributed by atoms with Gasteiger partial charge in [-0.2, -0.15) is 30.5 Å². The largest absolute Gasteiger partial charge is 0.463 e. The number of hydrogen-bond acceptors (Lipinski definition) is 31. The summed E-state index contributed by atoms with van der Waals surface area (Å²) in [6, 6.07) is 38.0. The topological polar surface area (TPSA) is 395 Å². The van der Waals surface area contributed by atoms with Gasteiger partial charge >= 0.3 is 104 Å². The van der Waals surface area contributed by atoms with Crippen LogP contribution in [0, 0.1) is 31.0 Å². The van der Waals surface area contributed by atoms with Crippen molar-refractivity contribution in [3.05, 3.63) is 155 Å². The number of nitriles is 1. The molecule has 6 aliphatic heterocycles.